The Bertz CT molecular complexity index is 975. The maximum atomic E-state index is 13.1. The molecule has 2 atom stereocenters. The van der Waals surface area contributed by atoms with Crippen molar-refractivity contribution in [3.63, 3.8) is 0 Å². The standard InChI is InChI=1S/C28H41NO10/c1-5-15-35-26(33)37-22-14-13-20(17-23(22)38-27(34)36-16-6-2)18-28(25(31)32,29-19(4)7-3)39-24(30)21-11-9-8-10-12-21/h13-14,17,19,21,29H,5-12,15-16,18H2,1-4H3,(H,31,32)/t19?,28-/m0/s1. The number of hydrogen-bond donors (Lipinski definition) is 2. The van der Waals surface area contributed by atoms with Crippen molar-refractivity contribution in [3.8, 4) is 11.5 Å². The molecule has 11 nitrogen and oxygen atoms in total. The van der Waals surface area contributed by atoms with Gasteiger partial charge in [0.05, 0.1) is 19.1 Å². The topological polar surface area (TPSA) is 147 Å². The van der Waals surface area contributed by atoms with Crippen LogP contribution in [0.15, 0.2) is 18.2 Å². The Morgan fingerprint density at radius 3 is 2.08 bits per heavy atom. The number of aliphatic carboxylic acids is 1. The zero-order valence-electron chi connectivity index (χ0n) is 23.3. The van der Waals surface area contributed by atoms with Gasteiger partial charge in [-0.05, 0) is 56.7 Å². The van der Waals surface area contributed by atoms with Crippen LogP contribution >= 0.6 is 0 Å². The Hall–Kier alpha value is -3.34. The molecule has 39 heavy (non-hydrogen) atoms. The van der Waals surface area contributed by atoms with Gasteiger partial charge in [0.15, 0.2) is 11.5 Å². The average Bonchev–Trinajstić information content (AvgIpc) is 2.92. The number of carbonyl (C=O) groups excluding carboxylic acids is 3. The highest BCUT2D eigenvalue weighted by molar-refractivity contribution is 5.83. The first-order valence-corrected chi connectivity index (χ1v) is 13.7. The third kappa shape index (κ3) is 10.0. The molecule has 1 aliphatic rings. The van der Waals surface area contributed by atoms with Gasteiger partial charge in [-0.1, -0.05) is 46.1 Å². The van der Waals surface area contributed by atoms with Crippen molar-refractivity contribution < 1.29 is 48.0 Å². The van der Waals surface area contributed by atoms with E-state index in [-0.39, 0.29) is 43.1 Å². The van der Waals surface area contributed by atoms with Gasteiger partial charge in [-0.2, -0.15) is 0 Å². The van der Waals surface area contributed by atoms with Crippen molar-refractivity contribution in [2.45, 2.75) is 97.2 Å². The SMILES string of the molecule is CCCOC(=O)Oc1ccc(C[C@](NC(C)CC)(OC(=O)C2CCCCC2)C(=O)O)cc1OC(=O)OCCC. The van der Waals surface area contributed by atoms with Crippen molar-refractivity contribution in [1.29, 1.82) is 0 Å². The van der Waals surface area contributed by atoms with E-state index in [1.807, 2.05) is 20.8 Å². The molecule has 2 rings (SSSR count). The van der Waals surface area contributed by atoms with Gasteiger partial charge in [0.2, 0.25) is 0 Å². The van der Waals surface area contributed by atoms with E-state index in [4.69, 9.17) is 23.7 Å². The molecule has 1 aromatic carbocycles. The van der Waals surface area contributed by atoms with Crippen LogP contribution < -0.4 is 14.8 Å². The highest BCUT2D eigenvalue weighted by atomic mass is 16.7. The summed E-state index contributed by atoms with van der Waals surface area (Å²) in [5.74, 6) is -2.59. The number of esters is 1. The van der Waals surface area contributed by atoms with Gasteiger partial charge in [-0.25, -0.2) is 14.4 Å². The molecule has 1 saturated carbocycles. The minimum Gasteiger partial charge on any atom is -0.477 e. The molecule has 0 saturated heterocycles. The number of rotatable bonds is 14. The van der Waals surface area contributed by atoms with Gasteiger partial charge < -0.3 is 28.8 Å². The first-order chi connectivity index (χ1) is 18.6. The molecule has 1 unspecified atom stereocenters. The number of carboxylic acid groups (broad SMARTS) is 1. The second-order valence-corrected chi connectivity index (χ2v) is 9.70. The lowest BCUT2D eigenvalue weighted by molar-refractivity contribution is -0.188. The number of hydrogen-bond acceptors (Lipinski definition) is 10. The Kier molecular flexibility index (Phi) is 13.0. The third-order valence-corrected chi connectivity index (χ3v) is 6.35. The van der Waals surface area contributed by atoms with E-state index in [0.29, 0.717) is 37.7 Å². The predicted octanol–water partition coefficient (Wildman–Crippen LogP) is 5.37. The quantitative estimate of drug-likeness (QED) is 0.133. The summed E-state index contributed by atoms with van der Waals surface area (Å²) in [5.41, 5.74) is -1.73. The molecule has 218 valence electrons. The molecule has 1 aliphatic carbocycles. The van der Waals surface area contributed by atoms with Crippen molar-refractivity contribution >= 4 is 24.2 Å². The second kappa shape index (κ2) is 15.9. The summed E-state index contributed by atoms with van der Waals surface area (Å²) in [6.07, 6.45) is 3.53. The molecule has 0 aromatic heterocycles. The lowest BCUT2D eigenvalue weighted by Crippen LogP contribution is -2.60. The van der Waals surface area contributed by atoms with E-state index >= 15 is 0 Å². The Labute approximate surface area is 229 Å². The summed E-state index contributed by atoms with van der Waals surface area (Å²) in [7, 11) is 0. The molecule has 0 aliphatic heterocycles. The third-order valence-electron chi connectivity index (χ3n) is 6.35. The van der Waals surface area contributed by atoms with Crippen molar-refractivity contribution in [1.82, 2.24) is 5.32 Å². The summed E-state index contributed by atoms with van der Waals surface area (Å²) in [6.45, 7) is 7.57. The monoisotopic (exact) mass is 551 g/mol. The fraction of sp³-hybridized carbons (Fsp3) is 0.643. The summed E-state index contributed by atoms with van der Waals surface area (Å²) < 4.78 is 26.1. The first-order valence-electron chi connectivity index (χ1n) is 13.7. The van der Waals surface area contributed by atoms with Crippen molar-refractivity contribution in [2.24, 2.45) is 5.92 Å². The fourth-order valence-electron chi connectivity index (χ4n) is 4.11. The molecular formula is C28H41NO10. The van der Waals surface area contributed by atoms with Gasteiger partial charge in [-0.15, -0.1) is 0 Å². The fourth-order valence-corrected chi connectivity index (χ4v) is 4.11. The van der Waals surface area contributed by atoms with Crippen LogP contribution in [0.5, 0.6) is 11.5 Å². The molecule has 2 N–H and O–H groups in total. The maximum Gasteiger partial charge on any atom is 0.513 e. The molecule has 0 amide bonds. The molecular weight excluding hydrogens is 510 g/mol. The van der Waals surface area contributed by atoms with Crippen LogP contribution in [0, 0.1) is 5.92 Å². The van der Waals surface area contributed by atoms with Gasteiger partial charge in [0.25, 0.3) is 5.72 Å². The van der Waals surface area contributed by atoms with Gasteiger partial charge in [0, 0.05) is 12.5 Å². The van der Waals surface area contributed by atoms with Gasteiger partial charge in [0.1, 0.15) is 0 Å². The van der Waals surface area contributed by atoms with Gasteiger partial charge >= 0.3 is 24.2 Å². The van der Waals surface area contributed by atoms with E-state index < -0.39 is 30.0 Å². The van der Waals surface area contributed by atoms with Crippen molar-refractivity contribution in [3.05, 3.63) is 23.8 Å². The molecule has 11 heteroatoms. The van der Waals surface area contributed by atoms with Crippen LogP contribution in [0.25, 0.3) is 0 Å². The number of carboxylic acids is 1. The highest BCUT2D eigenvalue weighted by Gasteiger charge is 2.45. The number of ether oxygens (including phenoxy) is 5. The predicted molar refractivity (Wildman–Crippen MR) is 141 cm³/mol. The zero-order valence-corrected chi connectivity index (χ0v) is 23.3. The molecule has 0 spiro atoms. The minimum atomic E-state index is -2.08. The van der Waals surface area contributed by atoms with Crippen LogP contribution in [-0.2, 0) is 30.2 Å². The number of benzene rings is 1. The van der Waals surface area contributed by atoms with Crippen LogP contribution in [0.1, 0.15) is 84.6 Å². The number of nitrogens with one attached hydrogen (secondary N) is 1. The van der Waals surface area contributed by atoms with E-state index in [0.717, 1.165) is 19.3 Å². The van der Waals surface area contributed by atoms with E-state index in [1.54, 1.807) is 6.92 Å². The summed E-state index contributed by atoms with van der Waals surface area (Å²) in [6, 6.07) is 3.90. The Balaban J connectivity index is 2.41. The van der Waals surface area contributed by atoms with Crippen LogP contribution in [0.4, 0.5) is 9.59 Å². The smallest absolute Gasteiger partial charge is 0.477 e. The summed E-state index contributed by atoms with van der Waals surface area (Å²) >= 11 is 0. The van der Waals surface area contributed by atoms with E-state index in [9.17, 15) is 24.3 Å². The Morgan fingerprint density at radius 1 is 0.949 bits per heavy atom. The zero-order chi connectivity index (χ0) is 28.8. The average molecular weight is 552 g/mol. The lowest BCUT2D eigenvalue weighted by atomic mass is 9.89. The molecule has 1 aromatic rings. The second-order valence-electron chi connectivity index (χ2n) is 9.70. The molecule has 0 radical (unpaired) electrons. The molecule has 1 fully saturated rings. The first kappa shape index (κ1) is 31.9. The summed E-state index contributed by atoms with van der Waals surface area (Å²) in [4.78, 5) is 50.0. The van der Waals surface area contributed by atoms with Gasteiger partial charge in [-0.3, -0.25) is 10.1 Å². The van der Waals surface area contributed by atoms with E-state index in [2.05, 4.69) is 5.32 Å². The largest absolute Gasteiger partial charge is 0.513 e. The highest BCUT2D eigenvalue weighted by Crippen LogP contribution is 2.32. The van der Waals surface area contributed by atoms with Crippen LogP contribution in [0.2, 0.25) is 0 Å². The minimum absolute atomic E-state index is 0.116. The van der Waals surface area contributed by atoms with E-state index in [1.165, 1.54) is 18.2 Å². The Morgan fingerprint density at radius 2 is 1.54 bits per heavy atom. The normalized spacial score (nSPS) is 15.9. The van der Waals surface area contributed by atoms with Crippen molar-refractivity contribution in [2.75, 3.05) is 13.2 Å². The summed E-state index contributed by atoms with van der Waals surface area (Å²) in [5, 5.41) is 13.3. The molecule has 0 heterocycles. The number of carbonyl (C=O) groups is 4. The van der Waals surface area contributed by atoms with Crippen LogP contribution in [-0.4, -0.2) is 54.3 Å². The molecule has 0 bridgehead atoms. The maximum absolute atomic E-state index is 13.1. The lowest BCUT2D eigenvalue weighted by Gasteiger charge is -2.35. The van der Waals surface area contributed by atoms with Crippen LogP contribution in [0.3, 0.4) is 0 Å².